The van der Waals surface area contributed by atoms with Crippen molar-refractivity contribution in [2.24, 2.45) is 5.10 Å². The second-order valence-electron chi connectivity index (χ2n) is 10.4. The molecule has 5 aromatic rings. The van der Waals surface area contributed by atoms with E-state index in [1.54, 1.807) is 60.5 Å². The molecule has 0 saturated carbocycles. The van der Waals surface area contributed by atoms with Crippen molar-refractivity contribution in [3.63, 3.8) is 0 Å². The van der Waals surface area contributed by atoms with Crippen LogP contribution in [-0.4, -0.2) is 63.9 Å². The number of nitrogens with zero attached hydrogens (tertiary/aromatic N) is 5. The summed E-state index contributed by atoms with van der Waals surface area (Å²) in [5.74, 6) is 1.00. The minimum Gasteiger partial charge on any atom is -0.493 e. The van der Waals surface area contributed by atoms with Gasteiger partial charge in [0.15, 0.2) is 29.1 Å². The Morgan fingerprint density at radius 2 is 1.79 bits per heavy atom. The Hall–Kier alpha value is -5.21. The van der Waals surface area contributed by atoms with Crippen molar-refractivity contribution in [1.82, 2.24) is 25.1 Å². The third-order valence-electron chi connectivity index (χ3n) is 7.43. The molecule has 14 heteroatoms. The average molecular weight is 687 g/mol. The van der Waals surface area contributed by atoms with Gasteiger partial charge in [0.25, 0.3) is 11.8 Å². The number of para-hydroxylation sites is 2. The molecule has 0 radical (unpaired) electrons. The first-order valence-electron chi connectivity index (χ1n) is 14.9. The molecule has 1 aliphatic rings. The van der Waals surface area contributed by atoms with Crippen LogP contribution in [0, 0.1) is 5.82 Å². The molecule has 0 aliphatic carbocycles. The summed E-state index contributed by atoms with van der Waals surface area (Å²) < 4.78 is 32.3. The van der Waals surface area contributed by atoms with Crippen molar-refractivity contribution in [1.29, 1.82) is 0 Å². The smallest absolute Gasteiger partial charge is 0.258 e. The highest BCUT2D eigenvalue weighted by Gasteiger charge is 2.36. The van der Waals surface area contributed by atoms with Crippen LogP contribution in [0.25, 0.3) is 5.69 Å². The largest absolute Gasteiger partial charge is 0.493 e. The molecule has 0 saturated heterocycles. The van der Waals surface area contributed by atoms with Gasteiger partial charge >= 0.3 is 0 Å². The highest BCUT2D eigenvalue weighted by molar-refractivity contribution is 7.99. The van der Waals surface area contributed by atoms with E-state index in [9.17, 15) is 14.0 Å². The minimum atomic E-state index is -0.431. The lowest BCUT2D eigenvalue weighted by Gasteiger charge is -2.24. The van der Waals surface area contributed by atoms with E-state index in [1.807, 2.05) is 47.8 Å². The number of carbonyl (C=O) groups excluding carboxylic acids is 2. The molecule has 2 amide bonds. The average Bonchev–Trinajstić information content (AvgIpc) is 3.90. The second-order valence-corrected chi connectivity index (χ2v) is 12.3. The fourth-order valence-corrected chi connectivity index (χ4v) is 6.74. The summed E-state index contributed by atoms with van der Waals surface area (Å²) in [7, 11) is 3.14. The lowest BCUT2D eigenvalue weighted by atomic mass is 9.99. The fraction of sp³-hybridized carbons (Fsp3) is 0.206. The molecule has 48 heavy (non-hydrogen) atoms. The van der Waals surface area contributed by atoms with Crippen LogP contribution < -0.4 is 19.5 Å². The molecule has 1 atom stereocenters. The Bertz CT molecular complexity index is 1900. The van der Waals surface area contributed by atoms with Crippen molar-refractivity contribution < 1.29 is 28.2 Å². The Balaban J connectivity index is 1.22. The number of hydrazone groups is 1. The Kier molecular flexibility index (Phi) is 10.3. The Labute approximate surface area is 284 Å². The molecule has 0 spiro atoms. The lowest BCUT2D eigenvalue weighted by molar-refractivity contribution is -0.130. The van der Waals surface area contributed by atoms with Gasteiger partial charge in [0.1, 0.15) is 11.6 Å². The zero-order valence-corrected chi connectivity index (χ0v) is 27.7. The number of hydrogen-bond acceptors (Lipinski definition) is 10. The van der Waals surface area contributed by atoms with Crippen LogP contribution in [0.4, 0.5) is 4.39 Å². The third kappa shape index (κ3) is 7.34. The number of methoxy groups -OCH3 is 2. The van der Waals surface area contributed by atoms with Gasteiger partial charge < -0.3 is 19.5 Å². The van der Waals surface area contributed by atoms with Gasteiger partial charge in [-0.05, 0) is 53.9 Å². The lowest BCUT2D eigenvalue weighted by Crippen LogP contribution is -2.29. The number of amides is 2. The van der Waals surface area contributed by atoms with Gasteiger partial charge in [-0.25, -0.2) is 9.40 Å². The predicted octanol–water partition coefficient (Wildman–Crippen LogP) is 5.65. The number of rotatable bonds is 13. The summed E-state index contributed by atoms with van der Waals surface area (Å²) in [6.45, 7) is -0.165. The molecule has 6 rings (SSSR count). The number of aromatic nitrogens is 3. The zero-order chi connectivity index (χ0) is 33.5. The van der Waals surface area contributed by atoms with E-state index in [-0.39, 0.29) is 30.7 Å². The van der Waals surface area contributed by atoms with Crippen molar-refractivity contribution in [3.8, 4) is 22.9 Å². The molecule has 0 fully saturated rings. The number of carbonyl (C=O) groups is 2. The van der Waals surface area contributed by atoms with Gasteiger partial charge in [-0.3, -0.25) is 14.2 Å². The molecule has 3 aromatic carbocycles. The van der Waals surface area contributed by atoms with E-state index in [4.69, 9.17) is 19.3 Å². The topological polar surface area (TPSA) is 120 Å². The highest BCUT2D eigenvalue weighted by atomic mass is 32.2. The monoisotopic (exact) mass is 686 g/mol. The van der Waals surface area contributed by atoms with Gasteiger partial charge in [-0.15, -0.1) is 21.5 Å². The molecule has 11 nitrogen and oxygen atoms in total. The summed E-state index contributed by atoms with van der Waals surface area (Å²) in [6, 6.07) is 23.9. The predicted molar refractivity (Wildman–Crippen MR) is 180 cm³/mol. The first kappa shape index (κ1) is 32.7. The van der Waals surface area contributed by atoms with Crippen molar-refractivity contribution in [3.05, 3.63) is 112 Å². The van der Waals surface area contributed by atoms with Crippen LogP contribution in [-0.2, 0) is 16.1 Å². The molecule has 0 bridgehead atoms. The molecular formula is C34H31FN6O5S2. The number of halogens is 1. The van der Waals surface area contributed by atoms with E-state index in [2.05, 4.69) is 15.5 Å². The van der Waals surface area contributed by atoms with E-state index in [0.29, 0.717) is 40.3 Å². The Morgan fingerprint density at radius 1 is 0.979 bits per heavy atom. The maximum absolute atomic E-state index is 13.9. The van der Waals surface area contributed by atoms with Crippen LogP contribution in [0.1, 0.15) is 28.7 Å². The van der Waals surface area contributed by atoms with Gasteiger partial charge in [0, 0.05) is 17.7 Å². The number of thioether (sulfide) groups is 1. The molecule has 0 unspecified atom stereocenters. The number of benzene rings is 3. The summed E-state index contributed by atoms with van der Waals surface area (Å²) in [5, 5.41) is 20.0. The van der Waals surface area contributed by atoms with Crippen molar-refractivity contribution in [2.45, 2.75) is 24.2 Å². The van der Waals surface area contributed by atoms with Gasteiger partial charge in [-0.2, -0.15) is 5.10 Å². The SMILES string of the molecule is COc1cccc([C@@H]2CC(c3cccs3)=NN2C(=O)CSc2nnc(CNC(=O)COc3ccccc3)n2-c2ccc(F)cc2)c1OC. The van der Waals surface area contributed by atoms with E-state index >= 15 is 0 Å². The number of thiophene rings is 1. The maximum atomic E-state index is 13.9. The van der Waals surface area contributed by atoms with Crippen LogP contribution in [0.5, 0.6) is 17.2 Å². The number of nitrogens with one attached hydrogen (secondary N) is 1. The van der Waals surface area contributed by atoms with Gasteiger partial charge in [0.2, 0.25) is 0 Å². The van der Waals surface area contributed by atoms with Crippen molar-refractivity contribution in [2.75, 3.05) is 26.6 Å². The van der Waals surface area contributed by atoms with E-state index in [0.717, 1.165) is 27.9 Å². The Morgan fingerprint density at radius 3 is 2.52 bits per heavy atom. The summed E-state index contributed by atoms with van der Waals surface area (Å²) in [4.78, 5) is 27.5. The van der Waals surface area contributed by atoms with Crippen LogP contribution in [0.2, 0.25) is 0 Å². The minimum absolute atomic E-state index is 0.0220. The van der Waals surface area contributed by atoms with Gasteiger partial charge in [-0.1, -0.05) is 48.2 Å². The molecule has 2 aromatic heterocycles. The molecular weight excluding hydrogens is 656 g/mol. The zero-order valence-electron chi connectivity index (χ0n) is 26.0. The maximum Gasteiger partial charge on any atom is 0.258 e. The quantitative estimate of drug-likeness (QED) is 0.158. The fourth-order valence-electron chi connectivity index (χ4n) is 5.19. The standard InChI is InChI=1S/C34H31FN6O5S2/c1-44-28-11-6-10-25(33(28)45-2)27-18-26(29-12-7-17-47-29)39-41(27)32(43)21-48-34-38-37-30(40(34)23-15-13-22(35)14-16-23)19-36-31(42)20-46-24-8-4-3-5-9-24/h3-17,27H,18-21H2,1-2H3,(H,36,42)/t27-/m0/s1. The number of ether oxygens (including phenoxy) is 3. The molecule has 3 heterocycles. The first-order valence-corrected chi connectivity index (χ1v) is 16.7. The number of hydrogen-bond donors (Lipinski definition) is 1. The van der Waals surface area contributed by atoms with Crippen molar-refractivity contribution >= 4 is 40.6 Å². The van der Waals surface area contributed by atoms with E-state index in [1.165, 1.54) is 17.1 Å². The second kappa shape index (κ2) is 15.1. The normalized spacial score (nSPS) is 14.0. The summed E-state index contributed by atoms with van der Waals surface area (Å²) in [5.41, 5.74) is 2.13. The van der Waals surface area contributed by atoms with Crippen LogP contribution in [0.15, 0.2) is 101 Å². The molecule has 246 valence electrons. The molecule has 1 aliphatic heterocycles. The van der Waals surface area contributed by atoms with E-state index < -0.39 is 11.9 Å². The van der Waals surface area contributed by atoms with Gasteiger partial charge in [0.05, 0.1) is 43.1 Å². The summed E-state index contributed by atoms with van der Waals surface area (Å²) >= 11 is 2.72. The third-order valence-corrected chi connectivity index (χ3v) is 9.26. The van der Waals surface area contributed by atoms with Crippen LogP contribution >= 0.6 is 23.1 Å². The summed E-state index contributed by atoms with van der Waals surface area (Å²) in [6.07, 6.45) is 0.490. The molecule has 1 N–H and O–H groups in total. The highest BCUT2D eigenvalue weighted by Crippen LogP contribution is 2.42. The van der Waals surface area contributed by atoms with Crippen LogP contribution in [0.3, 0.4) is 0 Å². The first-order chi connectivity index (χ1) is 23.4.